The van der Waals surface area contributed by atoms with Gasteiger partial charge in [0.25, 0.3) is 0 Å². The van der Waals surface area contributed by atoms with E-state index in [1.807, 2.05) is 12.1 Å². The molecule has 3 aliphatic rings. The number of carbonyl (C=O) groups is 1. The average Bonchev–Trinajstić information content (AvgIpc) is 2.78. The summed E-state index contributed by atoms with van der Waals surface area (Å²) < 4.78 is 23.4. The topological polar surface area (TPSA) is 54.0 Å². The SMILES string of the molecule is COCO[C@H]1CC[C@]2(C)[C@H]3CC(=O)C[C@H](C)[C@@H]3[C@@H](OCc3ccc(OC)cc3)C[C@H]2C1(C)C. The zero-order valence-corrected chi connectivity index (χ0v) is 21.3. The van der Waals surface area contributed by atoms with E-state index in [4.69, 9.17) is 18.9 Å². The molecule has 4 rings (SSSR count). The Kier molecular flexibility index (Phi) is 7.24. The molecule has 1 aromatic rings. The van der Waals surface area contributed by atoms with Gasteiger partial charge in [-0.25, -0.2) is 0 Å². The molecule has 0 N–H and O–H groups in total. The van der Waals surface area contributed by atoms with Crippen LogP contribution in [0.4, 0.5) is 0 Å². The first-order chi connectivity index (χ1) is 15.7. The Morgan fingerprint density at radius 1 is 1.03 bits per heavy atom. The van der Waals surface area contributed by atoms with Crippen LogP contribution in [-0.4, -0.2) is 39.0 Å². The highest BCUT2D eigenvalue weighted by Gasteiger charge is 2.62. The lowest BCUT2D eigenvalue weighted by atomic mass is 9.42. The molecule has 0 amide bonds. The lowest BCUT2D eigenvalue weighted by Gasteiger charge is -2.64. The molecule has 5 heteroatoms. The summed E-state index contributed by atoms with van der Waals surface area (Å²) in [7, 11) is 3.37. The maximum Gasteiger partial charge on any atom is 0.146 e. The number of rotatable bonds is 7. The summed E-state index contributed by atoms with van der Waals surface area (Å²) in [4.78, 5) is 12.8. The van der Waals surface area contributed by atoms with Crippen molar-refractivity contribution in [3.63, 3.8) is 0 Å². The Balaban J connectivity index is 1.60. The lowest BCUT2D eigenvalue weighted by Crippen LogP contribution is -2.62. The largest absolute Gasteiger partial charge is 0.497 e. The molecular formula is C28H42O5. The van der Waals surface area contributed by atoms with Gasteiger partial charge >= 0.3 is 0 Å². The van der Waals surface area contributed by atoms with Crippen LogP contribution in [-0.2, 0) is 25.6 Å². The minimum absolute atomic E-state index is 0.0119. The van der Waals surface area contributed by atoms with E-state index < -0.39 is 0 Å². The molecule has 3 saturated carbocycles. The summed E-state index contributed by atoms with van der Waals surface area (Å²) in [6.45, 7) is 10.3. The highest BCUT2D eigenvalue weighted by atomic mass is 16.7. The summed E-state index contributed by atoms with van der Waals surface area (Å²) >= 11 is 0. The number of fused-ring (bicyclic) bond motifs is 3. The molecule has 0 spiro atoms. The second kappa shape index (κ2) is 9.67. The Morgan fingerprint density at radius 3 is 2.42 bits per heavy atom. The first kappa shape index (κ1) is 24.7. The van der Waals surface area contributed by atoms with Crippen LogP contribution in [0.5, 0.6) is 5.75 Å². The van der Waals surface area contributed by atoms with Gasteiger partial charge in [-0.3, -0.25) is 4.79 Å². The van der Waals surface area contributed by atoms with Gasteiger partial charge in [0.15, 0.2) is 0 Å². The van der Waals surface area contributed by atoms with Crippen molar-refractivity contribution in [1.29, 1.82) is 0 Å². The maximum absolute atomic E-state index is 12.8. The second-order valence-corrected chi connectivity index (χ2v) is 11.5. The summed E-state index contributed by atoms with van der Waals surface area (Å²) in [6, 6.07) is 8.14. The third kappa shape index (κ3) is 4.61. The second-order valence-electron chi connectivity index (χ2n) is 11.5. The number of hydrogen-bond donors (Lipinski definition) is 0. The van der Waals surface area contributed by atoms with Gasteiger partial charge in [-0.2, -0.15) is 0 Å². The number of hydrogen-bond acceptors (Lipinski definition) is 5. The van der Waals surface area contributed by atoms with Gasteiger partial charge in [-0.15, -0.1) is 0 Å². The summed E-state index contributed by atoms with van der Waals surface area (Å²) in [5.74, 6) is 2.87. The van der Waals surface area contributed by atoms with Crippen LogP contribution in [0.2, 0.25) is 0 Å². The molecule has 3 fully saturated rings. The van der Waals surface area contributed by atoms with Gasteiger partial charge in [0.1, 0.15) is 18.3 Å². The van der Waals surface area contributed by atoms with Crippen LogP contribution in [0.3, 0.4) is 0 Å². The van der Waals surface area contributed by atoms with E-state index in [-0.39, 0.29) is 23.0 Å². The van der Waals surface area contributed by atoms with Gasteiger partial charge in [0.2, 0.25) is 0 Å². The summed E-state index contributed by atoms with van der Waals surface area (Å²) in [5.41, 5.74) is 1.28. The zero-order valence-electron chi connectivity index (χ0n) is 21.3. The van der Waals surface area contributed by atoms with Crippen molar-refractivity contribution in [3.05, 3.63) is 29.8 Å². The molecule has 0 radical (unpaired) electrons. The summed E-state index contributed by atoms with van der Waals surface area (Å²) in [5, 5.41) is 0. The van der Waals surface area contributed by atoms with Crippen molar-refractivity contribution in [2.24, 2.45) is 34.5 Å². The van der Waals surface area contributed by atoms with Gasteiger partial charge in [-0.05, 0) is 71.5 Å². The van der Waals surface area contributed by atoms with Gasteiger partial charge < -0.3 is 18.9 Å². The van der Waals surface area contributed by atoms with Gasteiger partial charge in [-0.1, -0.05) is 39.8 Å². The number of ether oxygens (including phenoxy) is 4. The Morgan fingerprint density at radius 2 is 1.76 bits per heavy atom. The van der Waals surface area contributed by atoms with E-state index in [1.54, 1.807) is 14.2 Å². The summed E-state index contributed by atoms with van der Waals surface area (Å²) in [6.07, 6.45) is 4.84. The maximum atomic E-state index is 12.8. The molecule has 0 unspecified atom stereocenters. The monoisotopic (exact) mass is 458 g/mol. The van der Waals surface area contributed by atoms with Gasteiger partial charge in [0, 0.05) is 20.0 Å². The molecule has 184 valence electrons. The van der Waals surface area contributed by atoms with E-state index in [1.165, 1.54) is 0 Å². The van der Waals surface area contributed by atoms with Crippen molar-refractivity contribution < 1.29 is 23.7 Å². The number of methoxy groups -OCH3 is 2. The van der Waals surface area contributed by atoms with Crippen LogP contribution in [0, 0.1) is 34.5 Å². The molecule has 0 bridgehead atoms. The Bertz CT molecular complexity index is 818. The first-order valence-electron chi connectivity index (χ1n) is 12.6. The standard InChI is InChI=1S/C28H42O5/c1-18-13-20(29)14-22-26(18)23(32-16-19-7-9-21(31-6)10-8-19)15-24-27(2,3)25(33-17-30-5)11-12-28(22,24)4/h7-10,18,22-26H,11-17H2,1-6H3/t18-,22-,23-,24-,25-,26-,28+/m0/s1. The first-order valence-corrected chi connectivity index (χ1v) is 12.6. The number of benzene rings is 1. The van der Waals surface area contributed by atoms with E-state index >= 15 is 0 Å². The smallest absolute Gasteiger partial charge is 0.146 e. The normalized spacial score (nSPS) is 37.8. The van der Waals surface area contributed by atoms with Crippen LogP contribution in [0.25, 0.3) is 0 Å². The molecule has 33 heavy (non-hydrogen) atoms. The number of ketones is 1. The third-order valence-electron chi connectivity index (χ3n) is 9.34. The molecular weight excluding hydrogens is 416 g/mol. The van der Waals surface area contributed by atoms with Crippen molar-refractivity contribution in [3.8, 4) is 5.75 Å². The molecule has 5 nitrogen and oxygen atoms in total. The predicted molar refractivity (Wildman–Crippen MR) is 128 cm³/mol. The van der Waals surface area contributed by atoms with E-state index in [9.17, 15) is 4.79 Å². The van der Waals surface area contributed by atoms with Crippen LogP contribution in [0.1, 0.15) is 65.4 Å². The molecule has 0 saturated heterocycles. The van der Waals surface area contributed by atoms with Gasteiger partial charge in [0.05, 0.1) is 25.9 Å². The van der Waals surface area contributed by atoms with E-state index in [2.05, 4.69) is 39.8 Å². The lowest BCUT2D eigenvalue weighted by molar-refractivity contribution is -0.226. The fraction of sp³-hybridized carbons (Fsp3) is 0.750. The van der Waals surface area contributed by atoms with Crippen molar-refractivity contribution in [2.75, 3.05) is 21.0 Å². The fourth-order valence-corrected chi connectivity index (χ4v) is 7.68. The molecule has 0 aromatic heterocycles. The minimum atomic E-state index is -0.0119. The Labute approximate surface area is 199 Å². The highest BCUT2D eigenvalue weighted by Crippen LogP contribution is 2.65. The quantitative estimate of drug-likeness (QED) is 0.495. The Hall–Kier alpha value is -1.43. The molecule has 0 heterocycles. The molecule has 1 aromatic carbocycles. The van der Waals surface area contributed by atoms with Crippen molar-refractivity contribution >= 4 is 5.78 Å². The number of carbonyl (C=O) groups excluding carboxylic acids is 1. The van der Waals surface area contributed by atoms with Crippen LogP contribution in [0.15, 0.2) is 24.3 Å². The highest BCUT2D eigenvalue weighted by molar-refractivity contribution is 5.80. The molecule has 7 atom stereocenters. The van der Waals surface area contributed by atoms with E-state index in [0.29, 0.717) is 55.7 Å². The number of Topliss-reactive ketones (excluding diaryl/α,β-unsaturated/α-hetero) is 1. The van der Waals surface area contributed by atoms with Crippen molar-refractivity contribution in [1.82, 2.24) is 0 Å². The minimum Gasteiger partial charge on any atom is -0.497 e. The third-order valence-corrected chi connectivity index (χ3v) is 9.34. The van der Waals surface area contributed by atoms with Crippen molar-refractivity contribution in [2.45, 2.75) is 78.6 Å². The van der Waals surface area contributed by atoms with Crippen LogP contribution >= 0.6 is 0 Å². The van der Waals surface area contributed by atoms with E-state index in [0.717, 1.165) is 30.6 Å². The average molecular weight is 459 g/mol. The fourth-order valence-electron chi connectivity index (χ4n) is 7.68. The zero-order chi connectivity index (χ0) is 23.8. The molecule has 3 aliphatic carbocycles. The van der Waals surface area contributed by atoms with Crippen LogP contribution < -0.4 is 4.74 Å². The molecule has 0 aliphatic heterocycles. The predicted octanol–water partition coefficient (Wildman–Crippen LogP) is 5.65.